The molecule has 0 bridgehead atoms. The molecule has 3 heterocycles. The molecule has 1 fully saturated rings. The minimum Gasteiger partial charge on any atom is -0.385 e. The maximum Gasteiger partial charge on any atom is 0.267 e. The third-order valence-corrected chi connectivity index (χ3v) is 5.43. The molecule has 28 heavy (non-hydrogen) atoms. The van der Waals surface area contributed by atoms with Crippen LogP contribution in [0.2, 0.25) is 0 Å². The van der Waals surface area contributed by atoms with Gasteiger partial charge < -0.3 is 10.1 Å². The Labute approximate surface area is 172 Å². The number of rotatable bonds is 8. The topological polar surface area (TPSA) is 75.9 Å². The third kappa shape index (κ3) is 4.16. The molecule has 9 heteroatoms. The predicted octanol–water partition coefficient (Wildman–Crippen LogP) is 2.53. The maximum atomic E-state index is 13.1. The number of anilines is 1. The highest BCUT2D eigenvalue weighted by Gasteiger charge is 2.31. The highest BCUT2D eigenvalue weighted by Crippen LogP contribution is 2.32. The number of nitrogens with one attached hydrogen (secondary N) is 1. The van der Waals surface area contributed by atoms with Crippen molar-refractivity contribution < 1.29 is 9.53 Å². The van der Waals surface area contributed by atoms with E-state index < -0.39 is 0 Å². The number of fused-ring (bicyclic) bond motifs is 1. The molecule has 0 radical (unpaired) electrons. The Balaban J connectivity index is 2.04. The maximum absolute atomic E-state index is 13.1. The molecule has 3 rings (SSSR count). The van der Waals surface area contributed by atoms with Gasteiger partial charge in [0.15, 0.2) is 0 Å². The molecule has 2 aromatic rings. The number of thioether (sulfide) groups is 1. The van der Waals surface area contributed by atoms with Crippen LogP contribution in [0.4, 0.5) is 5.82 Å². The van der Waals surface area contributed by atoms with Gasteiger partial charge in [-0.15, -0.1) is 6.58 Å². The lowest BCUT2D eigenvalue weighted by Gasteiger charge is -2.11. The normalized spacial score (nSPS) is 15.6. The molecule has 7 nitrogen and oxygen atoms in total. The second-order valence-electron chi connectivity index (χ2n) is 5.96. The zero-order valence-electron chi connectivity index (χ0n) is 15.4. The second-order valence-corrected chi connectivity index (χ2v) is 7.64. The smallest absolute Gasteiger partial charge is 0.267 e. The Morgan fingerprint density at radius 1 is 1.39 bits per heavy atom. The van der Waals surface area contributed by atoms with Crippen LogP contribution < -0.4 is 10.9 Å². The number of pyridine rings is 1. The predicted molar refractivity (Wildman–Crippen MR) is 117 cm³/mol. The summed E-state index contributed by atoms with van der Waals surface area (Å²) >= 11 is 6.44. The van der Waals surface area contributed by atoms with Gasteiger partial charge in [-0.3, -0.25) is 18.9 Å². The molecule has 0 atom stereocenters. The molecule has 146 valence electrons. The summed E-state index contributed by atoms with van der Waals surface area (Å²) in [5.41, 5.74) is 0.590. The number of carbonyl (C=O) groups excluding carboxylic acids is 1. The van der Waals surface area contributed by atoms with Crippen molar-refractivity contribution >= 4 is 51.7 Å². The summed E-state index contributed by atoms with van der Waals surface area (Å²) in [7, 11) is 1.64. The van der Waals surface area contributed by atoms with E-state index in [1.54, 1.807) is 37.6 Å². The summed E-state index contributed by atoms with van der Waals surface area (Å²) in [6.07, 6.45) is 5.59. The van der Waals surface area contributed by atoms with Gasteiger partial charge in [-0.05, 0) is 24.6 Å². The van der Waals surface area contributed by atoms with E-state index in [4.69, 9.17) is 17.0 Å². The highest BCUT2D eigenvalue weighted by atomic mass is 32.2. The molecular weight excluding hydrogens is 396 g/mol. The van der Waals surface area contributed by atoms with E-state index in [2.05, 4.69) is 16.9 Å². The first-order chi connectivity index (χ1) is 13.6. The lowest BCUT2D eigenvalue weighted by molar-refractivity contribution is -0.121. The Kier molecular flexibility index (Phi) is 6.61. The summed E-state index contributed by atoms with van der Waals surface area (Å²) in [6.45, 7) is 5.16. The second kappa shape index (κ2) is 9.13. The van der Waals surface area contributed by atoms with Gasteiger partial charge in [0.2, 0.25) is 0 Å². The van der Waals surface area contributed by atoms with E-state index in [1.807, 2.05) is 6.07 Å². The first-order valence-electron chi connectivity index (χ1n) is 8.67. The number of ether oxygens (including phenoxy) is 1. The number of thiocarbonyl (C=S) groups is 1. The minimum absolute atomic E-state index is 0.238. The molecule has 0 spiro atoms. The van der Waals surface area contributed by atoms with Crippen LogP contribution in [0.1, 0.15) is 12.0 Å². The van der Waals surface area contributed by atoms with Crippen LogP contribution in [-0.4, -0.2) is 51.3 Å². The number of carbonyl (C=O) groups is 1. The van der Waals surface area contributed by atoms with Crippen molar-refractivity contribution in [3.05, 3.63) is 57.9 Å². The molecule has 1 N–H and O–H groups in total. The first-order valence-corrected chi connectivity index (χ1v) is 9.89. The van der Waals surface area contributed by atoms with Crippen LogP contribution in [0.5, 0.6) is 0 Å². The fourth-order valence-electron chi connectivity index (χ4n) is 2.71. The number of methoxy groups -OCH3 is 1. The van der Waals surface area contributed by atoms with Crippen molar-refractivity contribution in [3.8, 4) is 0 Å². The van der Waals surface area contributed by atoms with E-state index in [-0.39, 0.29) is 11.5 Å². The first kappa shape index (κ1) is 20.2. The summed E-state index contributed by atoms with van der Waals surface area (Å²) in [4.78, 5) is 32.1. The number of hydrogen-bond donors (Lipinski definition) is 1. The van der Waals surface area contributed by atoms with Crippen molar-refractivity contribution in [2.75, 3.05) is 32.1 Å². The lowest BCUT2D eigenvalue weighted by atomic mass is 10.2. The quantitative estimate of drug-likeness (QED) is 0.307. The average molecular weight is 417 g/mol. The van der Waals surface area contributed by atoms with Crippen molar-refractivity contribution in [1.82, 2.24) is 14.3 Å². The minimum atomic E-state index is -0.256. The van der Waals surface area contributed by atoms with Crippen molar-refractivity contribution in [2.24, 2.45) is 0 Å². The van der Waals surface area contributed by atoms with E-state index in [9.17, 15) is 9.59 Å². The van der Waals surface area contributed by atoms with Crippen LogP contribution in [0.3, 0.4) is 0 Å². The van der Waals surface area contributed by atoms with Gasteiger partial charge in [0.05, 0.1) is 10.5 Å². The van der Waals surface area contributed by atoms with Crippen molar-refractivity contribution in [2.45, 2.75) is 6.42 Å². The fourth-order valence-corrected chi connectivity index (χ4v) is 3.97. The monoisotopic (exact) mass is 416 g/mol. The SMILES string of the molecule is C=CCN1C(=O)/C(=C\c2c(NCCCOC)nc3ccccn3c2=O)SC1=S. The molecule has 1 aliphatic heterocycles. The molecule has 1 saturated heterocycles. The number of aromatic nitrogens is 2. The zero-order valence-corrected chi connectivity index (χ0v) is 17.0. The highest BCUT2D eigenvalue weighted by molar-refractivity contribution is 8.26. The number of nitrogens with zero attached hydrogens (tertiary/aromatic N) is 3. The molecule has 1 amide bonds. The van der Waals surface area contributed by atoms with E-state index in [1.165, 1.54) is 21.1 Å². The summed E-state index contributed by atoms with van der Waals surface area (Å²) in [5, 5.41) is 3.19. The van der Waals surface area contributed by atoms with Crippen LogP contribution in [-0.2, 0) is 9.53 Å². The van der Waals surface area contributed by atoms with E-state index >= 15 is 0 Å². The molecule has 2 aromatic heterocycles. The van der Waals surface area contributed by atoms with Crippen LogP contribution in [0.15, 0.2) is 46.8 Å². The van der Waals surface area contributed by atoms with Crippen LogP contribution in [0, 0.1) is 0 Å². The third-order valence-electron chi connectivity index (χ3n) is 4.05. The number of amides is 1. The van der Waals surface area contributed by atoms with Crippen molar-refractivity contribution in [1.29, 1.82) is 0 Å². The Hall–Kier alpha value is -2.49. The zero-order chi connectivity index (χ0) is 20.1. The Morgan fingerprint density at radius 3 is 2.96 bits per heavy atom. The van der Waals surface area contributed by atoms with E-state index in [0.717, 1.165) is 6.42 Å². The summed E-state index contributed by atoms with van der Waals surface area (Å²) in [5.74, 6) is 0.194. The molecule has 0 aromatic carbocycles. The molecular formula is C19H20N4O3S2. The van der Waals surface area contributed by atoms with Gasteiger partial charge in [0.25, 0.3) is 11.5 Å². The molecule has 0 unspecified atom stereocenters. The van der Waals surface area contributed by atoms with Crippen LogP contribution >= 0.6 is 24.0 Å². The van der Waals surface area contributed by atoms with Gasteiger partial charge in [0.1, 0.15) is 15.8 Å². The van der Waals surface area contributed by atoms with E-state index in [0.29, 0.717) is 46.0 Å². The fraction of sp³-hybridized carbons (Fsp3) is 0.263. The lowest BCUT2D eigenvalue weighted by Crippen LogP contribution is -2.28. The van der Waals surface area contributed by atoms with Gasteiger partial charge >= 0.3 is 0 Å². The van der Waals surface area contributed by atoms with Gasteiger partial charge in [0, 0.05) is 33.0 Å². The van der Waals surface area contributed by atoms with Crippen LogP contribution in [0.25, 0.3) is 11.7 Å². The molecule has 1 aliphatic rings. The molecule has 0 saturated carbocycles. The van der Waals surface area contributed by atoms with Crippen molar-refractivity contribution in [3.63, 3.8) is 0 Å². The Morgan fingerprint density at radius 2 is 2.21 bits per heavy atom. The van der Waals surface area contributed by atoms with Gasteiger partial charge in [-0.1, -0.05) is 36.1 Å². The standard InChI is InChI=1S/C19H20N4O3S2/c1-3-9-23-18(25)14(28-19(23)27)12-13-16(20-8-6-11-26-2)21-15-7-4-5-10-22(15)17(13)24/h3-5,7,10,12,20H,1,6,8-9,11H2,2H3/b14-12+. The van der Waals surface area contributed by atoms with Gasteiger partial charge in [-0.2, -0.15) is 0 Å². The summed E-state index contributed by atoms with van der Waals surface area (Å²) < 4.78 is 6.96. The number of hydrogen-bond acceptors (Lipinski definition) is 7. The Bertz CT molecular complexity index is 1020. The van der Waals surface area contributed by atoms with Gasteiger partial charge in [-0.25, -0.2) is 4.98 Å². The molecule has 0 aliphatic carbocycles. The summed E-state index contributed by atoms with van der Waals surface area (Å²) in [6, 6.07) is 5.33. The average Bonchev–Trinajstić information content (AvgIpc) is 2.96. The largest absolute Gasteiger partial charge is 0.385 e.